The molecule has 0 saturated carbocycles. The standard InChI is InChI=1S/C17H15N3O5/c1-3-8-24-17(21)14-10(2)25-16(19)13(9-18)15(14)11-4-6-12(7-5-11)20(22)23/h3-7,15H,1,8,19H2,2H3. The highest BCUT2D eigenvalue weighted by Crippen LogP contribution is 2.39. The van der Waals surface area contributed by atoms with Crippen molar-refractivity contribution in [2.75, 3.05) is 6.61 Å². The SMILES string of the molecule is C=CCOC(=O)C1=C(C)OC(N)=C(C#N)C1c1ccc([N+](=O)[O-])cc1. The molecule has 8 heteroatoms. The topological polar surface area (TPSA) is 128 Å². The van der Waals surface area contributed by atoms with E-state index in [0.29, 0.717) is 5.56 Å². The van der Waals surface area contributed by atoms with Crippen molar-refractivity contribution in [1.82, 2.24) is 0 Å². The first kappa shape index (κ1) is 17.7. The Labute approximate surface area is 143 Å². The zero-order valence-corrected chi connectivity index (χ0v) is 13.4. The van der Waals surface area contributed by atoms with Crippen LogP contribution in [0.15, 0.2) is 59.7 Å². The Kier molecular flexibility index (Phi) is 5.19. The normalized spacial score (nSPS) is 16.7. The van der Waals surface area contributed by atoms with E-state index in [2.05, 4.69) is 6.58 Å². The third kappa shape index (κ3) is 3.50. The van der Waals surface area contributed by atoms with E-state index in [0.717, 1.165) is 0 Å². The van der Waals surface area contributed by atoms with Gasteiger partial charge in [-0.05, 0) is 12.5 Å². The van der Waals surface area contributed by atoms with E-state index in [9.17, 15) is 20.2 Å². The molecule has 1 aromatic rings. The predicted molar refractivity (Wildman–Crippen MR) is 87.6 cm³/mol. The van der Waals surface area contributed by atoms with Crippen LogP contribution in [-0.4, -0.2) is 17.5 Å². The second kappa shape index (κ2) is 7.31. The number of nitrogens with two attached hydrogens (primary N) is 1. The molecule has 1 unspecified atom stereocenters. The number of allylic oxidation sites excluding steroid dienone is 2. The maximum Gasteiger partial charge on any atom is 0.338 e. The number of nitrogens with zero attached hydrogens (tertiary/aromatic N) is 2. The summed E-state index contributed by atoms with van der Waals surface area (Å²) in [6.07, 6.45) is 1.41. The number of ether oxygens (including phenoxy) is 2. The lowest BCUT2D eigenvalue weighted by atomic mass is 9.83. The fourth-order valence-electron chi connectivity index (χ4n) is 2.48. The number of non-ortho nitro benzene ring substituents is 1. The molecular weight excluding hydrogens is 326 g/mol. The Balaban J connectivity index is 2.54. The van der Waals surface area contributed by atoms with Gasteiger partial charge >= 0.3 is 5.97 Å². The number of hydrogen-bond donors (Lipinski definition) is 1. The molecule has 1 aliphatic heterocycles. The van der Waals surface area contributed by atoms with Crippen molar-refractivity contribution in [3.05, 3.63) is 75.4 Å². The quantitative estimate of drug-likeness (QED) is 0.377. The third-order valence-corrected chi connectivity index (χ3v) is 3.60. The van der Waals surface area contributed by atoms with E-state index in [1.807, 2.05) is 6.07 Å². The summed E-state index contributed by atoms with van der Waals surface area (Å²) in [5.41, 5.74) is 6.29. The van der Waals surface area contributed by atoms with Crippen LogP contribution in [0.1, 0.15) is 18.4 Å². The van der Waals surface area contributed by atoms with Crippen molar-refractivity contribution in [1.29, 1.82) is 5.26 Å². The monoisotopic (exact) mass is 341 g/mol. The van der Waals surface area contributed by atoms with Gasteiger partial charge in [-0.25, -0.2) is 4.79 Å². The third-order valence-electron chi connectivity index (χ3n) is 3.60. The molecule has 0 amide bonds. The zero-order chi connectivity index (χ0) is 18.6. The fourth-order valence-corrected chi connectivity index (χ4v) is 2.48. The summed E-state index contributed by atoms with van der Waals surface area (Å²) in [5, 5.41) is 20.2. The summed E-state index contributed by atoms with van der Waals surface area (Å²) < 4.78 is 10.4. The molecule has 0 spiro atoms. The maximum atomic E-state index is 12.4. The van der Waals surface area contributed by atoms with Crippen molar-refractivity contribution in [2.24, 2.45) is 5.73 Å². The molecule has 8 nitrogen and oxygen atoms in total. The average Bonchev–Trinajstić information content (AvgIpc) is 2.59. The number of nitro groups is 1. The van der Waals surface area contributed by atoms with Gasteiger partial charge in [-0.2, -0.15) is 5.26 Å². The average molecular weight is 341 g/mol. The van der Waals surface area contributed by atoms with Crippen molar-refractivity contribution in [2.45, 2.75) is 12.8 Å². The molecule has 0 bridgehead atoms. The predicted octanol–water partition coefficient (Wildman–Crippen LogP) is 2.41. The van der Waals surface area contributed by atoms with Gasteiger partial charge in [0.25, 0.3) is 5.69 Å². The first-order chi connectivity index (χ1) is 11.9. The fraction of sp³-hybridized carbons (Fsp3) is 0.176. The largest absolute Gasteiger partial charge is 0.458 e. The molecule has 25 heavy (non-hydrogen) atoms. The van der Waals surface area contributed by atoms with E-state index in [1.54, 1.807) is 0 Å². The van der Waals surface area contributed by atoms with E-state index >= 15 is 0 Å². The van der Waals surface area contributed by atoms with Crippen LogP contribution in [0, 0.1) is 21.4 Å². The van der Waals surface area contributed by atoms with Gasteiger partial charge in [0, 0.05) is 12.1 Å². The molecule has 0 fully saturated rings. The van der Waals surface area contributed by atoms with E-state index in [1.165, 1.54) is 37.3 Å². The second-order valence-corrected chi connectivity index (χ2v) is 5.13. The van der Waals surface area contributed by atoms with Crippen LogP contribution in [0.3, 0.4) is 0 Å². The Hall–Kier alpha value is -3.60. The summed E-state index contributed by atoms with van der Waals surface area (Å²) in [6, 6.07) is 7.44. The molecule has 2 rings (SSSR count). The van der Waals surface area contributed by atoms with Gasteiger partial charge in [0.2, 0.25) is 5.88 Å². The van der Waals surface area contributed by atoms with E-state index in [-0.39, 0.29) is 35.1 Å². The minimum atomic E-state index is -0.836. The van der Waals surface area contributed by atoms with Gasteiger partial charge < -0.3 is 15.2 Å². The smallest absolute Gasteiger partial charge is 0.338 e. The molecule has 1 atom stereocenters. The molecule has 1 heterocycles. The lowest BCUT2D eigenvalue weighted by molar-refractivity contribution is -0.384. The molecule has 1 aromatic carbocycles. The van der Waals surface area contributed by atoms with Gasteiger partial charge in [0.1, 0.15) is 24.0 Å². The number of benzene rings is 1. The van der Waals surface area contributed by atoms with Crippen LogP contribution in [0.5, 0.6) is 0 Å². The number of hydrogen-bond acceptors (Lipinski definition) is 7. The van der Waals surface area contributed by atoms with Crippen molar-refractivity contribution in [3.63, 3.8) is 0 Å². The lowest BCUT2D eigenvalue weighted by Crippen LogP contribution is -2.25. The highest BCUT2D eigenvalue weighted by atomic mass is 16.6. The van der Waals surface area contributed by atoms with Crippen molar-refractivity contribution >= 4 is 11.7 Å². The summed E-state index contributed by atoms with van der Waals surface area (Å²) >= 11 is 0. The van der Waals surface area contributed by atoms with Gasteiger partial charge in [0.05, 0.1) is 16.4 Å². The van der Waals surface area contributed by atoms with Crippen LogP contribution in [0.4, 0.5) is 5.69 Å². The maximum absolute atomic E-state index is 12.4. The molecule has 128 valence electrons. The summed E-state index contributed by atoms with van der Waals surface area (Å²) in [5.74, 6) is -1.43. The Morgan fingerprint density at radius 1 is 1.52 bits per heavy atom. The second-order valence-electron chi connectivity index (χ2n) is 5.13. The summed E-state index contributed by atoms with van der Waals surface area (Å²) in [4.78, 5) is 22.7. The van der Waals surface area contributed by atoms with Gasteiger partial charge in [-0.3, -0.25) is 10.1 Å². The number of carbonyl (C=O) groups is 1. The van der Waals surface area contributed by atoms with Crippen LogP contribution < -0.4 is 5.73 Å². The minimum absolute atomic E-state index is 0.0102. The highest BCUT2D eigenvalue weighted by Gasteiger charge is 2.36. The van der Waals surface area contributed by atoms with Gasteiger partial charge in [0.15, 0.2) is 0 Å². The first-order valence-corrected chi connectivity index (χ1v) is 7.21. The molecule has 0 saturated heterocycles. The summed E-state index contributed by atoms with van der Waals surface area (Å²) in [6.45, 7) is 4.99. The Bertz CT molecular complexity index is 831. The molecule has 1 aliphatic rings. The minimum Gasteiger partial charge on any atom is -0.458 e. The molecular formula is C17H15N3O5. The number of carbonyl (C=O) groups excluding carboxylic acids is 1. The Morgan fingerprint density at radius 3 is 2.68 bits per heavy atom. The van der Waals surface area contributed by atoms with Crippen LogP contribution in [0.2, 0.25) is 0 Å². The van der Waals surface area contributed by atoms with Crippen molar-refractivity contribution in [3.8, 4) is 6.07 Å². The van der Waals surface area contributed by atoms with Gasteiger partial charge in [-0.15, -0.1) is 0 Å². The van der Waals surface area contributed by atoms with Gasteiger partial charge in [-0.1, -0.05) is 24.8 Å². The zero-order valence-electron chi connectivity index (χ0n) is 13.4. The van der Waals surface area contributed by atoms with Crippen molar-refractivity contribution < 1.29 is 19.2 Å². The number of esters is 1. The lowest BCUT2D eigenvalue weighted by Gasteiger charge is -2.26. The molecule has 2 N–H and O–H groups in total. The number of nitro benzene ring substituents is 1. The number of rotatable bonds is 5. The van der Waals surface area contributed by atoms with E-state index < -0.39 is 16.8 Å². The van der Waals surface area contributed by atoms with E-state index in [4.69, 9.17) is 15.2 Å². The van der Waals surface area contributed by atoms with Crippen LogP contribution in [0.25, 0.3) is 0 Å². The Morgan fingerprint density at radius 2 is 2.16 bits per heavy atom. The molecule has 0 radical (unpaired) electrons. The first-order valence-electron chi connectivity index (χ1n) is 7.21. The molecule has 0 aromatic heterocycles. The highest BCUT2D eigenvalue weighted by molar-refractivity contribution is 5.92. The number of nitriles is 1. The van der Waals surface area contributed by atoms with Crippen LogP contribution >= 0.6 is 0 Å². The van der Waals surface area contributed by atoms with Crippen LogP contribution in [-0.2, 0) is 14.3 Å². The molecule has 0 aliphatic carbocycles. The summed E-state index contributed by atoms with van der Waals surface area (Å²) in [7, 11) is 0.